The van der Waals surface area contributed by atoms with E-state index in [9.17, 15) is 0 Å². The summed E-state index contributed by atoms with van der Waals surface area (Å²) >= 11 is 0. The van der Waals surface area contributed by atoms with Gasteiger partial charge in [0.25, 0.3) is 0 Å². The fourth-order valence-electron chi connectivity index (χ4n) is 11.6. The lowest BCUT2D eigenvalue weighted by Gasteiger charge is -2.33. The van der Waals surface area contributed by atoms with Crippen LogP contribution in [0.4, 0.5) is 17.1 Å². The molecule has 0 fully saturated rings. The number of anilines is 3. The van der Waals surface area contributed by atoms with Crippen molar-refractivity contribution in [2.45, 2.75) is 27.7 Å². The predicted octanol–water partition coefficient (Wildman–Crippen LogP) is 19.1. The smallest absolute Gasteiger partial charge is 0.0541 e. The number of fused-ring (bicyclic) bond motifs is 3. The maximum absolute atomic E-state index is 2.58. The van der Waals surface area contributed by atoms with Gasteiger partial charge in [-0.3, -0.25) is 0 Å². The summed E-state index contributed by atoms with van der Waals surface area (Å²) in [5.41, 5.74) is 21.8. The van der Waals surface area contributed by atoms with Crippen molar-refractivity contribution < 1.29 is 0 Å². The average Bonchev–Trinajstić information content (AvgIpc) is 3.74. The zero-order valence-electron chi connectivity index (χ0n) is 39.8. The third kappa shape index (κ3) is 6.71. The van der Waals surface area contributed by atoms with E-state index in [1.165, 1.54) is 144 Å². The van der Waals surface area contributed by atoms with Crippen molar-refractivity contribution in [2.24, 2.45) is 0 Å². The van der Waals surface area contributed by atoms with E-state index < -0.39 is 0 Å². The van der Waals surface area contributed by atoms with Crippen LogP contribution in [0.25, 0.3) is 104 Å². The Hall–Kier alpha value is -8.72. The lowest BCUT2D eigenvalue weighted by Crippen LogP contribution is -2.16. The normalized spacial score (nSPS) is 11.7. The Bertz CT molecular complexity index is 4040. The summed E-state index contributed by atoms with van der Waals surface area (Å²) in [5.74, 6) is 0. The fraction of sp³-hybridized carbons (Fsp3) is 0.0588. The molecule has 1 aromatic heterocycles. The van der Waals surface area contributed by atoms with Gasteiger partial charge in [0.15, 0.2) is 0 Å². The number of hydrogen-bond acceptors (Lipinski definition) is 1. The lowest BCUT2D eigenvalue weighted by molar-refractivity contribution is 1.19. The standard InChI is InChI=1S/C68H50N2/c1-43-38-55(50-28-26-49(27-29-50)47-16-7-5-8-17-47)39-44(2)67(43)70(68-45(3)40-56(41-46(68)4)54-21-15-20-53(42-54)48-18-9-6-10-19-48)64-37-33-52-30-34-59-63(36-32-51-31-35-60(64)66(52)65(51)59)69-61-24-13-11-22-57(61)58-23-12-14-25-62(58)69/h5-42H,1-4H3. The molecule has 0 saturated heterocycles. The third-order valence-corrected chi connectivity index (χ3v) is 14.7. The molecule has 332 valence electrons. The molecule has 13 aromatic rings. The van der Waals surface area contributed by atoms with Gasteiger partial charge in [-0.2, -0.15) is 0 Å². The first-order valence-corrected chi connectivity index (χ1v) is 24.4. The molecule has 0 aliphatic carbocycles. The number of hydrogen-bond donors (Lipinski definition) is 0. The van der Waals surface area contributed by atoms with Gasteiger partial charge >= 0.3 is 0 Å². The minimum atomic E-state index is 1.17. The molecule has 0 aliphatic heterocycles. The van der Waals surface area contributed by atoms with Crippen LogP contribution < -0.4 is 4.90 Å². The van der Waals surface area contributed by atoms with Gasteiger partial charge in [0.1, 0.15) is 0 Å². The lowest BCUT2D eigenvalue weighted by atomic mass is 9.90. The van der Waals surface area contributed by atoms with Crippen molar-refractivity contribution >= 4 is 71.2 Å². The van der Waals surface area contributed by atoms with Crippen molar-refractivity contribution in [3.8, 4) is 50.2 Å². The Morgan fingerprint density at radius 1 is 0.286 bits per heavy atom. The zero-order chi connectivity index (χ0) is 47.0. The number of rotatable bonds is 8. The van der Waals surface area contributed by atoms with E-state index in [0.29, 0.717) is 0 Å². The second-order valence-electron chi connectivity index (χ2n) is 19.1. The van der Waals surface area contributed by atoms with Gasteiger partial charge in [0.05, 0.1) is 33.8 Å². The Labute approximate surface area is 409 Å². The van der Waals surface area contributed by atoms with Crippen LogP contribution in [0.1, 0.15) is 22.3 Å². The van der Waals surface area contributed by atoms with Crippen LogP contribution in [0.15, 0.2) is 231 Å². The Morgan fingerprint density at radius 2 is 0.686 bits per heavy atom. The summed E-state index contributed by atoms with van der Waals surface area (Å²) < 4.78 is 2.47. The molecule has 0 N–H and O–H groups in total. The molecule has 2 nitrogen and oxygen atoms in total. The SMILES string of the molecule is Cc1cc(-c2ccc(-c3ccccc3)cc2)cc(C)c1N(c1c(C)cc(-c2cccc(-c3ccccc3)c2)cc1C)c1ccc2ccc3c(-n4c5ccccc5c5ccccc54)ccc4ccc1c2c43. The van der Waals surface area contributed by atoms with Gasteiger partial charge in [0, 0.05) is 21.5 Å². The molecule has 0 radical (unpaired) electrons. The van der Waals surface area contributed by atoms with Crippen molar-refractivity contribution in [2.75, 3.05) is 4.90 Å². The number of aromatic nitrogens is 1. The summed E-state index contributed by atoms with van der Waals surface area (Å²) in [6.07, 6.45) is 0. The summed E-state index contributed by atoms with van der Waals surface area (Å²) in [6, 6.07) is 85.2. The largest absolute Gasteiger partial charge is 0.309 e. The molecule has 0 saturated carbocycles. The zero-order valence-corrected chi connectivity index (χ0v) is 39.8. The topological polar surface area (TPSA) is 8.17 Å². The van der Waals surface area contributed by atoms with E-state index in [4.69, 9.17) is 0 Å². The van der Waals surface area contributed by atoms with Crippen LogP contribution in [-0.4, -0.2) is 4.57 Å². The maximum atomic E-state index is 2.58. The number of nitrogens with zero attached hydrogens (tertiary/aromatic N) is 2. The Morgan fingerprint density at radius 3 is 1.26 bits per heavy atom. The van der Waals surface area contributed by atoms with Crippen molar-refractivity contribution in [3.05, 3.63) is 253 Å². The minimum absolute atomic E-state index is 1.17. The van der Waals surface area contributed by atoms with E-state index in [-0.39, 0.29) is 0 Å². The first kappa shape index (κ1) is 41.5. The van der Waals surface area contributed by atoms with E-state index in [2.05, 4.69) is 268 Å². The highest BCUT2D eigenvalue weighted by atomic mass is 15.2. The van der Waals surface area contributed by atoms with Gasteiger partial charge < -0.3 is 9.47 Å². The number of benzene rings is 12. The molecule has 0 aliphatic rings. The van der Waals surface area contributed by atoms with Crippen LogP contribution in [0, 0.1) is 27.7 Å². The molecule has 13 rings (SSSR count). The van der Waals surface area contributed by atoms with E-state index in [0.717, 1.165) is 0 Å². The monoisotopic (exact) mass is 894 g/mol. The van der Waals surface area contributed by atoms with Crippen LogP contribution >= 0.6 is 0 Å². The summed E-state index contributed by atoms with van der Waals surface area (Å²) in [7, 11) is 0. The average molecular weight is 895 g/mol. The molecule has 12 aromatic carbocycles. The van der Waals surface area contributed by atoms with Crippen LogP contribution in [0.2, 0.25) is 0 Å². The molecule has 0 atom stereocenters. The van der Waals surface area contributed by atoms with Gasteiger partial charge in [-0.1, -0.05) is 176 Å². The summed E-state index contributed by atoms with van der Waals surface area (Å²) in [4.78, 5) is 2.58. The fourth-order valence-corrected chi connectivity index (χ4v) is 11.6. The molecule has 70 heavy (non-hydrogen) atoms. The quantitative estimate of drug-likeness (QED) is 0.138. The van der Waals surface area contributed by atoms with E-state index in [1.807, 2.05) is 0 Å². The van der Waals surface area contributed by atoms with E-state index >= 15 is 0 Å². The highest BCUT2D eigenvalue weighted by Crippen LogP contribution is 2.50. The number of para-hydroxylation sites is 2. The minimum Gasteiger partial charge on any atom is -0.309 e. The van der Waals surface area contributed by atoms with Crippen LogP contribution in [0.5, 0.6) is 0 Å². The van der Waals surface area contributed by atoms with Gasteiger partial charge in [0.2, 0.25) is 0 Å². The Kier molecular flexibility index (Phi) is 9.78. The third-order valence-electron chi connectivity index (χ3n) is 14.7. The van der Waals surface area contributed by atoms with Crippen molar-refractivity contribution in [3.63, 3.8) is 0 Å². The van der Waals surface area contributed by atoms with Gasteiger partial charge in [-0.25, -0.2) is 0 Å². The highest BCUT2D eigenvalue weighted by molar-refractivity contribution is 6.27. The summed E-state index contributed by atoms with van der Waals surface area (Å²) in [5, 5.41) is 10.1. The van der Waals surface area contributed by atoms with Gasteiger partial charge in [-0.05, 0) is 171 Å². The maximum Gasteiger partial charge on any atom is 0.0541 e. The van der Waals surface area contributed by atoms with E-state index in [1.54, 1.807) is 0 Å². The van der Waals surface area contributed by atoms with Gasteiger partial charge in [-0.15, -0.1) is 0 Å². The van der Waals surface area contributed by atoms with Crippen LogP contribution in [0.3, 0.4) is 0 Å². The Balaban J connectivity index is 1.02. The second-order valence-corrected chi connectivity index (χ2v) is 19.1. The summed E-state index contributed by atoms with van der Waals surface area (Å²) in [6.45, 7) is 9.17. The molecule has 2 heteroatoms. The highest BCUT2D eigenvalue weighted by Gasteiger charge is 2.26. The van der Waals surface area contributed by atoms with Crippen molar-refractivity contribution in [1.82, 2.24) is 4.57 Å². The molecule has 0 unspecified atom stereocenters. The molecular formula is C68H50N2. The molecule has 0 bridgehead atoms. The predicted molar refractivity (Wildman–Crippen MR) is 300 cm³/mol. The first-order chi connectivity index (χ1) is 34.4. The second kappa shape index (κ2) is 16.5. The first-order valence-electron chi connectivity index (χ1n) is 24.4. The number of aryl methyl sites for hydroxylation is 4. The molecule has 0 amide bonds. The molecular weight excluding hydrogens is 845 g/mol. The van der Waals surface area contributed by atoms with Crippen LogP contribution in [-0.2, 0) is 0 Å². The van der Waals surface area contributed by atoms with Crippen molar-refractivity contribution in [1.29, 1.82) is 0 Å². The molecule has 0 spiro atoms. The molecule has 1 heterocycles.